The van der Waals surface area contributed by atoms with E-state index >= 15 is 0 Å². The maximum absolute atomic E-state index is 12.0. The second kappa shape index (κ2) is 8.90. The van der Waals surface area contributed by atoms with Gasteiger partial charge in [0, 0.05) is 35.5 Å². The number of hydrogen-bond acceptors (Lipinski definition) is 6. The number of nitrogens with one attached hydrogen (secondary N) is 2. The van der Waals surface area contributed by atoms with Crippen molar-refractivity contribution < 1.29 is 23.5 Å². The molecule has 0 saturated heterocycles. The average molecular weight is 391 g/mol. The van der Waals surface area contributed by atoms with Gasteiger partial charge in [0.25, 0.3) is 5.91 Å². The Morgan fingerprint density at radius 1 is 1.11 bits per heavy atom. The van der Waals surface area contributed by atoms with Crippen molar-refractivity contribution in [2.24, 2.45) is 0 Å². The van der Waals surface area contributed by atoms with Crippen LogP contribution in [0, 0.1) is 10.1 Å². The third kappa shape index (κ3) is 5.89. The Bertz CT molecular complexity index is 898. The lowest BCUT2D eigenvalue weighted by Crippen LogP contribution is -2.20. The van der Waals surface area contributed by atoms with Crippen LogP contribution in [0.3, 0.4) is 0 Å². The van der Waals surface area contributed by atoms with Gasteiger partial charge in [-0.25, -0.2) is 0 Å². The molecule has 0 bridgehead atoms. The van der Waals surface area contributed by atoms with Crippen LogP contribution in [0.1, 0.15) is 6.92 Å². The van der Waals surface area contributed by atoms with Gasteiger partial charge in [0.05, 0.1) is 15.7 Å². The molecule has 2 aromatic carbocycles. The molecule has 2 rings (SSSR count). The number of benzene rings is 2. The first-order valence-corrected chi connectivity index (χ1v) is 9.24. The summed E-state index contributed by atoms with van der Waals surface area (Å²) in [5.41, 5.74) is 0.694. The summed E-state index contributed by atoms with van der Waals surface area (Å²) in [6.07, 6.45) is 1.41. The number of ether oxygens (including phenoxy) is 1. The fourth-order valence-electron chi connectivity index (χ4n) is 2.12. The highest BCUT2D eigenvalue weighted by molar-refractivity contribution is 7.84. The van der Waals surface area contributed by atoms with Gasteiger partial charge in [-0.05, 0) is 36.4 Å². The van der Waals surface area contributed by atoms with Gasteiger partial charge in [0.15, 0.2) is 12.4 Å². The van der Waals surface area contributed by atoms with Crippen LogP contribution < -0.4 is 15.4 Å². The number of amides is 2. The Kier molecular flexibility index (Phi) is 6.61. The summed E-state index contributed by atoms with van der Waals surface area (Å²) in [6.45, 7) is 0.944. The molecule has 0 aromatic heterocycles. The molecule has 0 saturated carbocycles. The van der Waals surface area contributed by atoms with Crippen molar-refractivity contribution in [1.82, 2.24) is 0 Å². The Balaban J connectivity index is 2.00. The van der Waals surface area contributed by atoms with Gasteiger partial charge in [-0.2, -0.15) is 0 Å². The summed E-state index contributed by atoms with van der Waals surface area (Å²) in [7, 11) is -1.37. The molecule has 10 heteroatoms. The van der Waals surface area contributed by atoms with Crippen LogP contribution in [0.4, 0.5) is 17.1 Å². The zero-order chi connectivity index (χ0) is 20.0. The Labute approximate surface area is 157 Å². The number of nitrogens with zero attached hydrogens (tertiary/aromatic N) is 1. The van der Waals surface area contributed by atoms with E-state index in [0.29, 0.717) is 11.4 Å². The van der Waals surface area contributed by atoms with E-state index in [-0.39, 0.29) is 22.2 Å². The number of nitro groups is 1. The molecule has 142 valence electrons. The number of rotatable bonds is 7. The minimum Gasteiger partial charge on any atom is -0.477 e. The largest absolute Gasteiger partial charge is 0.477 e. The minimum absolute atomic E-state index is 0.0923. The van der Waals surface area contributed by atoms with E-state index in [0.717, 1.165) is 6.07 Å². The molecule has 0 aliphatic heterocycles. The molecule has 0 aliphatic rings. The predicted molar refractivity (Wildman–Crippen MR) is 100 cm³/mol. The van der Waals surface area contributed by atoms with Crippen molar-refractivity contribution in [3.8, 4) is 5.75 Å². The van der Waals surface area contributed by atoms with Crippen molar-refractivity contribution >= 4 is 39.7 Å². The van der Waals surface area contributed by atoms with Gasteiger partial charge in [-0.1, -0.05) is 0 Å². The standard InChI is InChI=1S/C17H17N3O6S/c1-11(21)18-12-3-5-13(6-4-12)19-17(22)10-26-16-8-7-14(27(2)25)9-15(16)20(23)24/h3-9H,10H2,1-2H3,(H,18,21)(H,19,22)/t27-/m1/s1. The molecule has 27 heavy (non-hydrogen) atoms. The van der Waals surface area contributed by atoms with E-state index in [2.05, 4.69) is 10.6 Å². The van der Waals surface area contributed by atoms with Crippen LogP contribution in [0.25, 0.3) is 0 Å². The molecule has 0 heterocycles. The van der Waals surface area contributed by atoms with E-state index < -0.39 is 28.2 Å². The molecule has 0 radical (unpaired) electrons. The highest BCUT2D eigenvalue weighted by Crippen LogP contribution is 2.29. The van der Waals surface area contributed by atoms with Gasteiger partial charge in [-0.3, -0.25) is 23.9 Å². The van der Waals surface area contributed by atoms with Crippen LogP contribution in [0.15, 0.2) is 47.4 Å². The van der Waals surface area contributed by atoms with Crippen LogP contribution >= 0.6 is 0 Å². The van der Waals surface area contributed by atoms with Crippen LogP contribution in [-0.4, -0.2) is 33.8 Å². The molecule has 9 nitrogen and oxygen atoms in total. The molecular formula is C17H17N3O6S. The molecular weight excluding hydrogens is 374 g/mol. The number of carbonyl (C=O) groups excluding carboxylic acids is 2. The third-order valence-electron chi connectivity index (χ3n) is 3.31. The van der Waals surface area contributed by atoms with Crippen LogP contribution in [0.5, 0.6) is 5.75 Å². The summed E-state index contributed by atoms with van der Waals surface area (Å²) < 4.78 is 16.7. The molecule has 2 amide bonds. The lowest BCUT2D eigenvalue weighted by Gasteiger charge is -2.09. The SMILES string of the molecule is CC(=O)Nc1ccc(NC(=O)COc2ccc([S@@](C)=O)cc2[N+](=O)[O-])cc1. The molecule has 0 unspecified atom stereocenters. The van der Waals surface area contributed by atoms with Gasteiger partial charge < -0.3 is 15.4 Å². The number of hydrogen-bond donors (Lipinski definition) is 2. The molecule has 2 N–H and O–H groups in total. The van der Waals surface area contributed by atoms with Crippen molar-refractivity contribution in [2.45, 2.75) is 11.8 Å². The fraction of sp³-hybridized carbons (Fsp3) is 0.176. The second-order valence-electron chi connectivity index (χ2n) is 5.44. The first kappa shape index (κ1) is 20.0. The summed E-state index contributed by atoms with van der Waals surface area (Å²) in [5.74, 6) is -0.815. The second-order valence-corrected chi connectivity index (χ2v) is 6.82. The Morgan fingerprint density at radius 2 is 1.70 bits per heavy atom. The minimum atomic E-state index is -1.37. The predicted octanol–water partition coefficient (Wildman–Crippen LogP) is 2.31. The van der Waals surface area contributed by atoms with E-state index in [4.69, 9.17) is 4.74 Å². The average Bonchev–Trinajstić information content (AvgIpc) is 2.61. The van der Waals surface area contributed by atoms with Gasteiger partial charge >= 0.3 is 5.69 Å². The number of anilines is 2. The Hall–Kier alpha value is -3.27. The van der Waals surface area contributed by atoms with Crippen LogP contribution in [-0.2, 0) is 20.4 Å². The monoisotopic (exact) mass is 391 g/mol. The Morgan fingerprint density at radius 3 is 2.22 bits per heavy atom. The lowest BCUT2D eigenvalue weighted by atomic mass is 10.2. The lowest BCUT2D eigenvalue weighted by molar-refractivity contribution is -0.386. The van der Waals surface area contributed by atoms with E-state index in [1.165, 1.54) is 25.3 Å². The zero-order valence-corrected chi connectivity index (χ0v) is 15.4. The third-order valence-corrected chi connectivity index (χ3v) is 4.22. The summed E-state index contributed by atoms with van der Waals surface area (Å²) in [4.78, 5) is 33.7. The first-order valence-electron chi connectivity index (χ1n) is 7.68. The molecule has 2 aromatic rings. The zero-order valence-electron chi connectivity index (χ0n) is 14.6. The van der Waals surface area contributed by atoms with Crippen molar-refractivity contribution in [3.63, 3.8) is 0 Å². The summed E-state index contributed by atoms with van der Waals surface area (Å²) in [6, 6.07) is 10.3. The molecule has 1 atom stereocenters. The van der Waals surface area contributed by atoms with Crippen LogP contribution in [0.2, 0.25) is 0 Å². The quantitative estimate of drug-likeness (QED) is 0.551. The van der Waals surface area contributed by atoms with Gasteiger partial charge in [0.1, 0.15) is 0 Å². The van der Waals surface area contributed by atoms with E-state index in [9.17, 15) is 23.9 Å². The molecule has 0 spiro atoms. The van der Waals surface area contributed by atoms with Crippen molar-refractivity contribution in [1.29, 1.82) is 0 Å². The van der Waals surface area contributed by atoms with E-state index in [1.807, 2.05) is 0 Å². The number of carbonyl (C=O) groups is 2. The van der Waals surface area contributed by atoms with Gasteiger partial charge in [-0.15, -0.1) is 0 Å². The van der Waals surface area contributed by atoms with E-state index in [1.54, 1.807) is 24.3 Å². The highest BCUT2D eigenvalue weighted by Gasteiger charge is 2.18. The molecule has 0 fully saturated rings. The fourth-order valence-corrected chi connectivity index (χ4v) is 2.66. The molecule has 0 aliphatic carbocycles. The smallest absolute Gasteiger partial charge is 0.312 e. The number of nitro benzene ring substituents is 1. The topological polar surface area (TPSA) is 128 Å². The normalized spacial score (nSPS) is 11.3. The summed E-state index contributed by atoms with van der Waals surface area (Å²) >= 11 is 0. The highest BCUT2D eigenvalue weighted by atomic mass is 32.2. The maximum atomic E-state index is 12.0. The maximum Gasteiger partial charge on any atom is 0.312 e. The summed E-state index contributed by atoms with van der Waals surface area (Å²) in [5, 5.41) is 16.3. The van der Waals surface area contributed by atoms with Gasteiger partial charge in [0.2, 0.25) is 5.91 Å². The van der Waals surface area contributed by atoms with Crippen molar-refractivity contribution in [2.75, 3.05) is 23.5 Å². The van der Waals surface area contributed by atoms with Crippen molar-refractivity contribution in [3.05, 3.63) is 52.6 Å². The first-order chi connectivity index (χ1) is 12.8.